The molecular formula is C20H25N5OS. The fourth-order valence-electron chi connectivity index (χ4n) is 2.63. The lowest BCUT2D eigenvalue weighted by Crippen LogP contribution is -2.04. The molecule has 6 nitrogen and oxygen atoms in total. The lowest BCUT2D eigenvalue weighted by atomic mass is 10.1. The second kappa shape index (κ2) is 8.08. The van der Waals surface area contributed by atoms with Gasteiger partial charge in [-0.15, -0.1) is 10.2 Å². The van der Waals surface area contributed by atoms with Crippen LogP contribution in [0.25, 0.3) is 11.4 Å². The molecule has 2 heterocycles. The van der Waals surface area contributed by atoms with Gasteiger partial charge in [-0.25, -0.2) is 9.97 Å². The van der Waals surface area contributed by atoms with E-state index in [-0.39, 0.29) is 5.92 Å². The molecule has 3 aromatic rings. The van der Waals surface area contributed by atoms with Crippen LogP contribution in [-0.4, -0.2) is 31.8 Å². The van der Waals surface area contributed by atoms with Gasteiger partial charge < -0.3 is 9.30 Å². The minimum Gasteiger partial charge on any atom is -0.496 e. The highest BCUT2D eigenvalue weighted by Gasteiger charge is 2.17. The number of rotatable bonds is 6. The van der Waals surface area contributed by atoms with Gasteiger partial charge in [0.2, 0.25) is 0 Å². The first-order valence-corrected chi connectivity index (χ1v) is 9.81. The van der Waals surface area contributed by atoms with Crippen LogP contribution in [-0.2, 0) is 7.05 Å². The van der Waals surface area contributed by atoms with Crippen molar-refractivity contribution in [2.24, 2.45) is 7.05 Å². The second-order valence-corrected chi connectivity index (χ2v) is 7.95. The standard InChI is InChI=1S/C20H25N5OS/c1-12(2)15-11-17(22-18(21-15)13(3)4)27-20-24-23-19(25(20)5)14-9-7-8-10-16(14)26-6/h7-13H,1-6H3. The molecule has 0 saturated heterocycles. The zero-order valence-corrected chi connectivity index (χ0v) is 17.4. The van der Waals surface area contributed by atoms with Crippen molar-refractivity contribution < 1.29 is 4.74 Å². The van der Waals surface area contributed by atoms with Crippen LogP contribution >= 0.6 is 11.8 Å². The maximum Gasteiger partial charge on any atom is 0.197 e. The lowest BCUT2D eigenvalue weighted by Gasteiger charge is -2.12. The van der Waals surface area contributed by atoms with Crippen molar-refractivity contribution in [1.82, 2.24) is 24.7 Å². The Morgan fingerprint density at radius 2 is 1.74 bits per heavy atom. The van der Waals surface area contributed by atoms with E-state index in [1.165, 1.54) is 11.8 Å². The first-order valence-electron chi connectivity index (χ1n) is 9.00. The van der Waals surface area contributed by atoms with Crippen molar-refractivity contribution >= 4 is 11.8 Å². The fourth-order valence-corrected chi connectivity index (χ4v) is 3.44. The summed E-state index contributed by atoms with van der Waals surface area (Å²) in [5.41, 5.74) is 1.96. The minimum atomic E-state index is 0.270. The van der Waals surface area contributed by atoms with Crippen LogP contribution in [0.1, 0.15) is 51.0 Å². The van der Waals surface area contributed by atoms with Crippen molar-refractivity contribution in [2.45, 2.75) is 49.7 Å². The van der Waals surface area contributed by atoms with Crippen LogP contribution in [0, 0.1) is 0 Å². The second-order valence-electron chi connectivity index (χ2n) is 6.97. The van der Waals surface area contributed by atoms with Gasteiger partial charge in [-0.2, -0.15) is 0 Å². The van der Waals surface area contributed by atoms with Crippen molar-refractivity contribution in [1.29, 1.82) is 0 Å². The average Bonchev–Trinajstić information content (AvgIpc) is 3.01. The van der Waals surface area contributed by atoms with E-state index in [4.69, 9.17) is 9.72 Å². The number of para-hydroxylation sites is 1. The Balaban J connectivity index is 1.97. The van der Waals surface area contributed by atoms with Gasteiger partial charge in [-0.05, 0) is 35.9 Å². The predicted molar refractivity (Wildman–Crippen MR) is 107 cm³/mol. The van der Waals surface area contributed by atoms with Crippen LogP contribution in [0.4, 0.5) is 0 Å². The molecule has 0 unspecified atom stereocenters. The maximum absolute atomic E-state index is 5.46. The molecule has 1 aromatic carbocycles. The van der Waals surface area contributed by atoms with Gasteiger partial charge in [0, 0.05) is 18.7 Å². The largest absolute Gasteiger partial charge is 0.496 e. The van der Waals surface area contributed by atoms with E-state index in [1.54, 1.807) is 7.11 Å². The number of hydrogen-bond donors (Lipinski definition) is 0. The zero-order chi connectivity index (χ0) is 19.6. The average molecular weight is 384 g/mol. The smallest absolute Gasteiger partial charge is 0.197 e. The van der Waals surface area contributed by atoms with Crippen molar-refractivity contribution in [2.75, 3.05) is 7.11 Å². The van der Waals surface area contributed by atoms with Crippen LogP contribution < -0.4 is 4.74 Å². The zero-order valence-electron chi connectivity index (χ0n) is 16.6. The predicted octanol–water partition coefficient (Wildman–Crippen LogP) is 4.68. The third kappa shape index (κ3) is 4.13. The highest BCUT2D eigenvalue weighted by atomic mass is 32.2. The Morgan fingerprint density at radius 3 is 2.41 bits per heavy atom. The van der Waals surface area contributed by atoms with Gasteiger partial charge in [0.25, 0.3) is 0 Å². The van der Waals surface area contributed by atoms with Crippen LogP contribution in [0.5, 0.6) is 5.75 Å². The van der Waals surface area contributed by atoms with E-state index >= 15 is 0 Å². The summed E-state index contributed by atoms with van der Waals surface area (Å²) in [6.07, 6.45) is 0. The molecule has 0 aliphatic carbocycles. The summed E-state index contributed by atoms with van der Waals surface area (Å²) in [5, 5.41) is 10.4. The summed E-state index contributed by atoms with van der Waals surface area (Å²) in [4.78, 5) is 9.40. The topological polar surface area (TPSA) is 65.7 Å². The van der Waals surface area contributed by atoms with E-state index < -0.39 is 0 Å². The van der Waals surface area contributed by atoms with E-state index in [1.807, 2.05) is 41.9 Å². The highest BCUT2D eigenvalue weighted by Crippen LogP contribution is 2.33. The number of nitrogens with zero attached hydrogens (tertiary/aromatic N) is 5. The molecule has 0 amide bonds. The van der Waals surface area contributed by atoms with E-state index in [0.29, 0.717) is 5.92 Å². The van der Waals surface area contributed by atoms with Crippen LogP contribution in [0.3, 0.4) is 0 Å². The number of methoxy groups -OCH3 is 1. The molecule has 2 aromatic heterocycles. The number of aromatic nitrogens is 5. The molecule has 0 saturated carbocycles. The number of hydrogen-bond acceptors (Lipinski definition) is 6. The maximum atomic E-state index is 5.46. The third-order valence-corrected chi connectivity index (χ3v) is 5.18. The van der Waals surface area contributed by atoms with E-state index in [2.05, 4.69) is 42.9 Å². The molecule has 27 heavy (non-hydrogen) atoms. The molecule has 0 fully saturated rings. The van der Waals surface area contributed by atoms with Crippen LogP contribution in [0.2, 0.25) is 0 Å². The van der Waals surface area contributed by atoms with Gasteiger partial charge in [0.05, 0.1) is 12.7 Å². The summed E-state index contributed by atoms with van der Waals surface area (Å²) in [5.74, 6) is 3.00. The van der Waals surface area contributed by atoms with Gasteiger partial charge >= 0.3 is 0 Å². The van der Waals surface area contributed by atoms with E-state index in [0.717, 1.165) is 38.8 Å². The van der Waals surface area contributed by atoms with Crippen molar-refractivity contribution in [3.8, 4) is 17.1 Å². The monoisotopic (exact) mass is 383 g/mol. The van der Waals surface area contributed by atoms with Gasteiger partial charge in [0.15, 0.2) is 11.0 Å². The molecule has 0 N–H and O–H groups in total. The fraction of sp³-hybridized carbons (Fsp3) is 0.400. The minimum absolute atomic E-state index is 0.270. The Morgan fingerprint density at radius 1 is 1.00 bits per heavy atom. The first-order chi connectivity index (χ1) is 12.9. The quantitative estimate of drug-likeness (QED) is 0.576. The molecular weight excluding hydrogens is 358 g/mol. The number of benzene rings is 1. The van der Waals surface area contributed by atoms with Crippen molar-refractivity contribution in [3.05, 3.63) is 41.9 Å². The first kappa shape index (κ1) is 19.4. The third-order valence-electron chi connectivity index (χ3n) is 4.23. The Bertz CT molecular complexity index is 910. The number of ether oxygens (including phenoxy) is 1. The van der Waals surface area contributed by atoms with E-state index in [9.17, 15) is 0 Å². The van der Waals surface area contributed by atoms with Gasteiger partial charge in [-0.1, -0.05) is 39.8 Å². The molecule has 0 radical (unpaired) electrons. The Kier molecular flexibility index (Phi) is 5.79. The normalized spacial score (nSPS) is 11.4. The molecule has 0 bridgehead atoms. The summed E-state index contributed by atoms with van der Waals surface area (Å²) in [7, 11) is 3.62. The van der Waals surface area contributed by atoms with Gasteiger partial charge in [0.1, 0.15) is 16.6 Å². The summed E-state index contributed by atoms with van der Waals surface area (Å²) >= 11 is 1.50. The van der Waals surface area contributed by atoms with Crippen LogP contribution in [0.15, 0.2) is 40.5 Å². The summed E-state index contributed by atoms with van der Waals surface area (Å²) in [6, 6.07) is 9.85. The lowest BCUT2D eigenvalue weighted by molar-refractivity contribution is 0.416. The molecule has 7 heteroatoms. The molecule has 3 rings (SSSR count). The molecule has 0 atom stereocenters. The molecule has 142 valence electrons. The SMILES string of the molecule is COc1ccccc1-c1nnc(Sc2cc(C(C)C)nc(C(C)C)n2)n1C. The van der Waals surface area contributed by atoms with Gasteiger partial charge in [-0.3, -0.25) is 0 Å². The molecule has 0 aliphatic heterocycles. The summed E-state index contributed by atoms with van der Waals surface area (Å²) in [6.45, 7) is 8.50. The van der Waals surface area contributed by atoms with Crippen molar-refractivity contribution in [3.63, 3.8) is 0 Å². The summed E-state index contributed by atoms with van der Waals surface area (Å²) < 4.78 is 7.42. The molecule has 0 aliphatic rings. The highest BCUT2D eigenvalue weighted by molar-refractivity contribution is 7.99. The Hall–Kier alpha value is -2.41. The molecule has 0 spiro atoms. The Labute approximate surface area is 164 Å².